The molecule has 1 aromatic rings. The molecule has 0 saturated carbocycles. The molecule has 2 aliphatic heterocycles. The van der Waals surface area contributed by atoms with Gasteiger partial charge in [0.05, 0.1) is 5.69 Å². The van der Waals surface area contributed by atoms with E-state index in [9.17, 15) is 9.59 Å². The van der Waals surface area contributed by atoms with Gasteiger partial charge in [-0.3, -0.25) is 14.5 Å². The Morgan fingerprint density at radius 1 is 1.21 bits per heavy atom. The van der Waals surface area contributed by atoms with Crippen LogP contribution in [0.15, 0.2) is 24.3 Å². The Labute approximate surface area is 168 Å². The van der Waals surface area contributed by atoms with Crippen molar-refractivity contribution in [2.45, 2.75) is 46.1 Å². The molecule has 3 rings (SSSR count). The van der Waals surface area contributed by atoms with Crippen molar-refractivity contribution in [2.75, 3.05) is 37.6 Å². The van der Waals surface area contributed by atoms with Crippen LogP contribution in [0, 0.1) is 11.8 Å². The van der Waals surface area contributed by atoms with E-state index in [1.54, 1.807) is 4.90 Å². The number of amides is 2. The van der Waals surface area contributed by atoms with E-state index in [0.717, 1.165) is 37.9 Å². The number of carbonyl (C=O) groups excluding carboxylic acids is 2. The molecule has 0 spiro atoms. The standard InChI is InChI=1S/C22H33N3O3/c1-4-19-22(27)25(18-8-5-6-9-20(18)28-19)15-21(26)23-10-7-11-24-13-16(2)12-17(3)14-24/h5-6,8-9,16-17,19H,4,7,10-15H2,1-3H3,(H,23,26)/t16-,17+,19-/m0/s1. The molecule has 3 atom stereocenters. The molecule has 1 N–H and O–H groups in total. The largest absolute Gasteiger partial charge is 0.478 e. The van der Waals surface area contributed by atoms with Crippen molar-refractivity contribution in [3.63, 3.8) is 0 Å². The number of benzene rings is 1. The number of anilines is 1. The number of rotatable bonds is 7. The van der Waals surface area contributed by atoms with Crippen molar-refractivity contribution < 1.29 is 14.3 Å². The fourth-order valence-corrected chi connectivity index (χ4v) is 4.40. The molecule has 0 unspecified atom stereocenters. The van der Waals surface area contributed by atoms with Crippen LogP contribution in [0.25, 0.3) is 0 Å². The number of hydrogen-bond donors (Lipinski definition) is 1. The molecular formula is C22H33N3O3. The van der Waals surface area contributed by atoms with Crippen LogP contribution in [0.2, 0.25) is 0 Å². The average molecular weight is 388 g/mol. The van der Waals surface area contributed by atoms with Crippen molar-refractivity contribution in [3.8, 4) is 5.75 Å². The molecule has 0 aromatic heterocycles. The molecule has 0 radical (unpaired) electrons. The highest BCUT2D eigenvalue weighted by molar-refractivity contribution is 6.03. The van der Waals surface area contributed by atoms with E-state index in [0.29, 0.717) is 24.4 Å². The first-order chi connectivity index (χ1) is 13.5. The molecule has 2 heterocycles. The van der Waals surface area contributed by atoms with E-state index in [1.807, 2.05) is 31.2 Å². The van der Waals surface area contributed by atoms with Crippen molar-refractivity contribution in [1.29, 1.82) is 0 Å². The summed E-state index contributed by atoms with van der Waals surface area (Å²) in [6.45, 7) is 10.5. The van der Waals surface area contributed by atoms with E-state index >= 15 is 0 Å². The predicted molar refractivity (Wildman–Crippen MR) is 111 cm³/mol. The maximum Gasteiger partial charge on any atom is 0.268 e. The molecule has 2 aliphatic rings. The van der Waals surface area contributed by atoms with Crippen LogP contribution in [-0.2, 0) is 9.59 Å². The zero-order valence-corrected chi connectivity index (χ0v) is 17.3. The number of likely N-dealkylation sites (tertiary alicyclic amines) is 1. The Hall–Kier alpha value is -2.08. The smallest absolute Gasteiger partial charge is 0.268 e. The number of carbonyl (C=O) groups is 2. The molecule has 1 aromatic carbocycles. The summed E-state index contributed by atoms with van der Waals surface area (Å²) < 4.78 is 5.76. The molecule has 0 bridgehead atoms. The highest BCUT2D eigenvalue weighted by atomic mass is 16.5. The van der Waals surface area contributed by atoms with Gasteiger partial charge in [-0.25, -0.2) is 0 Å². The summed E-state index contributed by atoms with van der Waals surface area (Å²) in [5.41, 5.74) is 0.670. The van der Waals surface area contributed by atoms with E-state index in [2.05, 4.69) is 24.1 Å². The lowest BCUT2D eigenvalue weighted by Gasteiger charge is -2.35. The zero-order chi connectivity index (χ0) is 20.1. The first kappa shape index (κ1) is 20.6. The van der Waals surface area contributed by atoms with Gasteiger partial charge in [0.25, 0.3) is 5.91 Å². The maximum absolute atomic E-state index is 12.7. The van der Waals surface area contributed by atoms with Gasteiger partial charge in [0.15, 0.2) is 6.10 Å². The van der Waals surface area contributed by atoms with Gasteiger partial charge in [-0.05, 0) is 49.8 Å². The minimum absolute atomic E-state index is 0.0352. The lowest BCUT2D eigenvalue weighted by Crippen LogP contribution is -2.49. The number of piperidine rings is 1. The highest BCUT2D eigenvalue weighted by Crippen LogP contribution is 2.34. The van der Waals surface area contributed by atoms with E-state index in [1.165, 1.54) is 6.42 Å². The van der Waals surface area contributed by atoms with Crippen LogP contribution in [0.4, 0.5) is 5.69 Å². The number of nitrogens with zero attached hydrogens (tertiary/aromatic N) is 2. The fourth-order valence-electron chi connectivity index (χ4n) is 4.40. The number of fused-ring (bicyclic) bond motifs is 1. The lowest BCUT2D eigenvalue weighted by molar-refractivity contribution is -0.129. The van der Waals surface area contributed by atoms with Gasteiger partial charge in [-0.2, -0.15) is 0 Å². The molecular weight excluding hydrogens is 354 g/mol. The molecule has 2 amide bonds. The molecule has 1 saturated heterocycles. The highest BCUT2D eigenvalue weighted by Gasteiger charge is 2.34. The molecule has 154 valence electrons. The summed E-state index contributed by atoms with van der Waals surface area (Å²) in [5, 5.41) is 2.98. The predicted octanol–water partition coefficient (Wildman–Crippen LogP) is 2.67. The monoisotopic (exact) mass is 387 g/mol. The van der Waals surface area contributed by atoms with Gasteiger partial charge in [-0.1, -0.05) is 32.9 Å². The van der Waals surface area contributed by atoms with Crippen LogP contribution >= 0.6 is 0 Å². The van der Waals surface area contributed by atoms with Crippen LogP contribution in [0.5, 0.6) is 5.75 Å². The van der Waals surface area contributed by atoms with Gasteiger partial charge < -0.3 is 15.0 Å². The van der Waals surface area contributed by atoms with Crippen molar-refractivity contribution >= 4 is 17.5 Å². The summed E-state index contributed by atoms with van der Waals surface area (Å²) in [6, 6.07) is 7.40. The Balaban J connectivity index is 1.48. The van der Waals surface area contributed by atoms with Crippen molar-refractivity contribution in [2.24, 2.45) is 11.8 Å². The molecule has 28 heavy (non-hydrogen) atoms. The van der Waals surface area contributed by atoms with E-state index in [-0.39, 0.29) is 18.4 Å². The second-order valence-corrected chi connectivity index (χ2v) is 8.32. The van der Waals surface area contributed by atoms with Gasteiger partial charge in [0.2, 0.25) is 5.91 Å². The van der Waals surface area contributed by atoms with Gasteiger partial charge in [0.1, 0.15) is 12.3 Å². The third-order valence-corrected chi connectivity index (χ3v) is 5.56. The SMILES string of the molecule is CC[C@@H]1Oc2ccccc2N(CC(=O)NCCCN2C[C@H](C)C[C@H](C)C2)C1=O. The molecule has 1 fully saturated rings. The van der Waals surface area contributed by atoms with Crippen LogP contribution < -0.4 is 15.0 Å². The Morgan fingerprint density at radius 2 is 1.93 bits per heavy atom. The first-order valence-electron chi connectivity index (χ1n) is 10.5. The first-order valence-corrected chi connectivity index (χ1v) is 10.5. The Morgan fingerprint density at radius 3 is 2.64 bits per heavy atom. The summed E-state index contributed by atoms with van der Waals surface area (Å²) in [6.07, 6.45) is 2.29. The number of hydrogen-bond acceptors (Lipinski definition) is 4. The summed E-state index contributed by atoms with van der Waals surface area (Å²) in [7, 11) is 0. The maximum atomic E-state index is 12.7. The number of ether oxygens (including phenoxy) is 1. The minimum Gasteiger partial charge on any atom is -0.478 e. The van der Waals surface area contributed by atoms with Crippen LogP contribution in [0.3, 0.4) is 0 Å². The third-order valence-electron chi connectivity index (χ3n) is 5.56. The molecule has 6 nitrogen and oxygen atoms in total. The summed E-state index contributed by atoms with van der Waals surface area (Å²) >= 11 is 0. The van der Waals surface area contributed by atoms with Gasteiger partial charge in [-0.15, -0.1) is 0 Å². The number of para-hydroxylation sites is 2. The molecule has 0 aliphatic carbocycles. The normalized spacial score (nSPS) is 25.2. The van der Waals surface area contributed by atoms with Crippen molar-refractivity contribution in [3.05, 3.63) is 24.3 Å². The van der Waals surface area contributed by atoms with Gasteiger partial charge >= 0.3 is 0 Å². The van der Waals surface area contributed by atoms with E-state index in [4.69, 9.17) is 4.74 Å². The van der Waals surface area contributed by atoms with Crippen LogP contribution in [0.1, 0.15) is 40.0 Å². The van der Waals surface area contributed by atoms with Crippen molar-refractivity contribution in [1.82, 2.24) is 10.2 Å². The topological polar surface area (TPSA) is 61.9 Å². The lowest BCUT2D eigenvalue weighted by atomic mass is 9.92. The second-order valence-electron chi connectivity index (χ2n) is 8.32. The summed E-state index contributed by atoms with van der Waals surface area (Å²) in [5.74, 6) is 1.89. The third kappa shape index (κ3) is 5.04. The molecule has 6 heteroatoms. The van der Waals surface area contributed by atoms with Crippen LogP contribution in [-0.4, -0.2) is 55.5 Å². The second kappa shape index (κ2) is 9.41. The fraction of sp³-hybridized carbons (Fsp3) is 0.636. The summed E-state index contributed by atoms with van der Waals surface area (Å²) in [4.78, 5) is 29.2. The average Bonchev–Trinajstić information content (AvgIpc) is 2.66. The number of nitrogens with one attached hydrogen (secondary N) is 1. The van der Waals surface area contributed by atoms with E-state index < -0.39 is 6.10 Å². The Bertz CT molecular complexity index is 683. The Kier molecular flexibility index (Phi) is 6.94. The quantitative estimate of drug-likeness (QED) is 0.731. The minimum atomic E-state index is -0.522. The van der Waals surface area contributed by atoms with Gasteiger partial charge in [0, 0.05) is 19.6 Å². The zero-order valence-electron chi connectivity index (χ0n) is 17.3.